The fourth-order valence-electron chi connectivity index (χ4n) is 4.00. The summed E-state index contributed by atoms with van der Waals surface area (Å²) < 4.78 is 0. The first kappa shape index (κ1) is 18.0. The van der Waals surface area contributed by atoms with Gasteiger partial charge in [0.05, 0.1) is 16.3 Å². The van der Waals surface area contributed by atoms with E-state index in [0.29, 0.717) is 12.8 Å². The van der Waals surface area contributed by atoms with E-state index < -0.39 is 11.4 Å². The molecule has 1 N–H and O–H groups in total. The molecule has 1 aromatic carbocycles. The minimum absolute atomic E-state index is 0.0454. The van der Waals surface area contributed by atoms with Crippen molar-refractivity contribution in [1.82, 2.24) is 15.2 Å². The number of piperazine rings is 1. The molecule has 140 valence electrons. The van der Waals surface area contributed by atoms with Gasteiger partial charge in [-0.2, -0.15) is 0 Å². The first-order chi connectivity index (χ1) is 13.1. The van der Waals surface area contributed by atoms with Crippen molar-refractivity contribution in [1.29, 1.82) is 0 Å². The van der Waals surface area contributed by atoms with Gasteiger partial charge in [-0.1, -0.05) is 55.3 Å². The zero-order chi connectivity index (χ0) is 18.9. The van der Waals surface area contributed by atoms with Crippen LogP contribution in [0.4, 0.5) is 0 Å². The molecule has 2 aliphatic rings. The normalized spacial score (nSPS) is 19.3. The molecule has 2 heterocycles. The van der Waals surface area contributed by atoms with Crippen LogP contribution in [0.15, 0.2) is 41.4 Å². The van der Waals surface area contributed by atoms with Gasteiger partial charge in [-0.15, -0.1) is 0 Å². The van der Waals surface area contributed by atoms with Crippen LogP contribution in [0.2, 0.25) is 0 Å². The van der Waals surface area contributed by atoms with Crippen LogP contribution < -0.4 is 5.32 Å². The third-order valence-electron chi connectivity index (χ3n) is 5.39. The number of fused-ring (bicyclic) bond motifs is 1. The first-order valence-electron chi connectivity index (χ1n) is 9.22. The summed E-state index contributed by atoms with van der Waals surface area (Å²) in [4.78, 5) is 43.5. The van der Waals surface area contributed by atoms with Crippen molar-refractivity contribution in [3.63, 3.8) is 0 Å². The first-order valence-corrected chi connectivity index (χ1v) is 10.2. The summed E-state index contributed by atoms with van der Waals surface area (Å²) in [5, 5.41) is 4.23. The lowest BCUT2D eigenvalue weighted by Gasteiger charge is -2.47. The molecule has 3 amide bonds. The highest BCUT2D eigenvalue weighted by atomic mass is 32.2. The van der Waals surface area contributed by atoms with Crippen LogP contribution >= 0.6 is 11.8 Å². The highest BCUT2D eigenvalue weighted by Gasteiger charge is 2.50. The lowest BCUT2D eigenvalue weighted by atomic mass is 9.78. The number of hydrogen-bond donors (Lipinski definition) is 1. The summed E-state index contributed by atoms with van der Waals surface area (Å²) in [6.45, 7) is -0.0454. The van der Waals surface area contributed by atoms with Crippen molar-refractivity contribution in [2.75, 3.05) is 12.3 Å². The van der Waals surface area contributed by atoms with E-state index in [-0.39, 0.29) is 24.1 Å². The van der Waals surface area contributed by atoms with Gasteiger partial charge in [0, 0.05) is 5.39 Å². The maximum Gasteiger partial charge on any atom is 0.252 e. The van der Waals surface area contributed by atoms with Crippen LogP contribution in [-0.2, 0) is 14.4 Å². The van der Waals surface area contributed by atoms with Crippen LogP contribution in [0.3, 0.4) is 0 Å². The fourth-order valence-corrected chi connectivity index (χ4v) is 4.76. The number of nitrogens with one attached hydrogen (secondary N) is 1. The van der Waals surface area contributed by atoms with Gasteiger partial charge in [-0.05, 0) is 25.0 Å². The third kappa shape index (κ3) is 3.43. The zero-order valence-corrected chi connectivity index (χ0v) is 15.8. The number of amides is 3. The maximum absolute atomic E-state index is 12.9. The van der Waals surface area contributed by atoms with Crippen molar-refractivity contribution in [3.05, 3.63) is 36.4 Å². The Bertz CT molecular complexity index is 908. The molecule has 1 spiro atoms. The number of thioether (sulfide) groups is 1. The van der Waals surface area contributed by atoms with E-state index in [9.17, 15) is 14.4 Å². The van der Waals surface area contributed by atoms with E-state index in [1.807, 2.05) is 36.4 Å². The molecule has 1 aliphatic carbocycles. The number of carbonyl (C=O) groups excluding carboxylic acids is 3. The Morgan fingerprint density at radius 1 is 1.11 bits per heavy atom. The number of aromatic nitrogens is 1. The molecule has 1 aliphatic heterocycles. The SMILES string of the molecule is O=C1CN(C(=O)CSc2ccc3ccccc3n2)C2(CCCCC2)C(=O)N1. The Balaban J connectivity index is 1.51. The number of rotatable bonds is 3. The quantitative estimate of drug-likeness (QED) is 0.651. The minimum atomic E-state index is -0.860. The van der Waals surface area contributed by atoms with Crippen molar-refractivity contribution >= 4 is 40.4 Å². The fraction of sp³-hybridized carbons (Fsp3) is 0.400. The molecule has 1 aromatic heterocycles. The Hall–Kier alpha value is -2.41. The molecule has 0 radical (unpaired) electrons. The van der Waals surface area contributed by atoms with Crippen molar-refractivity contribution in [3.8, 4) is 0 Å². The Labute approximate surface area is 161 Å². The predicted octanol–water partition coefficient (Wildman–Crippen LogP) is 2.51. The van der Waals surface area contributed by atoms with Crippen LogP contribution in [-0.4, -0.2) is 45.4 Å². The lowest BCUT2D eigenvalue weighted by molar-refractivity contribution is -0.158. The number of pyridine rings is 1. The van der Waals surface area contributed by atoms with Gasteiger partial charge in [0.25, 0.3) is 5.91 Å². The Morgan fingerprint density at radius 2 is 1.89 bits per heavy atom. The van der Waals surface area contributed by atoms with Crippen molar-refractivity contribution < 1.29 is 14.4 Å². The third-order valence-corrected chi connectivity index (χ3v) is 6.31. The number of benzene rings is 1. The highest BCUT2D eigenvalue weighted by Crippen LogP contribution is 2.36. The molecule has 2 aromatic rings. The molecule has 7 heteroatoms. The standard InChI is InChI=1S/C20H21N3O3S/c24-16-12-23(20(19(26)22-16)10-4-1-5-11-20)18(25)13-27-17-9-8-14-6-2-3-7-15(14)21-17/h2-3,6-9H,1,4-5,10-13H2,(H,22,24,26). The van der Waals surface area contributed by atoms with Crippen LogP contribution in [0, 0.1) is 0 Å². The molecule has 1 saturated carbocycles. The molecular weight excluding hydrogens is 362 g/mol. The summed E-state index contributed by atoms with van der Waals surface area (Å²) in [5.41, 5.74) is 0.0203. The van der Waals surface area contributed by atoms with Crippen LogP contribution in [0.5, 0.6) is 0 Å². The Morgan fingerprint density at radius 3 is 2.70 bits per heavy atom. The molecule has 0 bridgehead atoms. The summed E-state index contributed by atoms with van der Waals surface area (Å²) in [6, 6.07) is 11.7. The Kier molecular flexibility index (Phi) is 4.86. The minimum Gasteiger partial charge on any atom is -0.318 e. The molecular formula is C20H21N3O3S. The summed E-state index contributed by atoms with van der Waals surface area (Å²) >= 11 is 1.34. The summed E-state index contributed by atoms with van der Waals surface area (Å²) in [6.07, 6.45) is 4.09. The van der Waals surface area contributed by atoms with Crippen molar-refractivity contribution in [2.24, 2.45) is 0 Å². The molecule has 27 heavy (non-hydrogen) atoms. The average Bonchev–Trinajstić information content (AvgIpc) is 2.69. The van der Waals surface area contributed by atoms with E-state index in [2.05, 4.69) is 10.3 Å². The largest absolute Gasteiger partial charge is 0.318 e. The number of hydrogen-bond acceptors (Lipinski definition) is 5. The van der Waals surface area contributed by atoms with Gasteiger partial charge in [0.15, 0.2) is 0 Å². The van der Waals surface area contributed by atoms with Gasteiger partial charge in [-0.3, -0.25) is 19.7 Å². The number of para-hydroxylation sites is 1. The molecule has 4 rings (SSSR count). The van der Waals surface area contributed by atoms with E-state index in [1.54, 1.807) is 0 Å². The topological polar surface area (TPSA) is 79.4 Å². The second-order valence-corrected chi connectivity index (χ2v) is 8.08. The zero-order valence-electron chi connectivity index (χ0n) is 14.9. The van der Waals surface area contributed by atoms with Crippen LogP contribution in [0.25, 0.3) is 10.9 Å². The van der Waals surface area contributed by atoms with E-state index >= 15 is 0 Å². The van der Waals surface area contributed by atoms with E-state index in [4.69, 9.17) is 0 Å². The maximum atomic E-state index is 12.9. The van der Waals surface area contributed by atoms with Gasteiger partial charge >= 0.3 is 0 Å². The second kappa shape index (κ2) is 7.31. The molecule has 2 fully saturated rings. The lowest BCUT2D eigenvalue weighted by Crippen LogP contribution is -2.69. The predicted molar refractivity (Wildman–Crippen MR) is 103 cm³/mol. The van der Waals surface area contributed by atoms with Crippen LogP contribution in [0.1, 0.15) is 32.1 Å². The summed E-state index contributed by atoms with van der Waals surface area (Å²) in [5.74, 6) is -0.743. The smallest absolute Gasteiger partial charge is 0.252 e. The number of imide groups is 1. The van der Waals surface area contributed by atoms with Gasteiger partial charge in [0.2, 0.25) is 11.8 Å². The summed E-state index contributed by atoms with van der Waals surface area (Å²) in [7, 11) is 0. The molecule has 6 nitrogen and oxygen atoms in total. The van der Waals surface area contributed by atoms with Gasteiger partial charge < -0.3 is 4.90 Å². The van der Waals surface area contributed by atoms with Gasteiger partial charge in [0.1, 0.15) is 12.1 Å². The van der Waals surface area contributed by atoms with E-state index in [0.717, 1.165) is 35.2 Å². The average molecular weight is 383 g/mol. The highest BCUT2D eigenvalue weighted by molar-refractivity contribution is 7.99. The molecule has 1 saturated heterocycles. The number of carbonyl (C=O) groups is 3. The number of nitrogens with zero attached hydrogens (tertiary/aromatic N) is 2. The van der Waals surface area contributed by atoms with E-state index in [1.165, 1.54) is 16.7 Å². The van der Waals surface area contributed by atoms with Gasteiger partial charge in [-0.25, -0.2) is 4.98 Å². The molecule has 0 unspecified atom stereocenters. The molecule has 0 atom stereocenters. The monoisotopic (exact) mass is 383 g/mol. The van der Waals surface area contributed by atoms with Crippen molar-refractivity contribution in [2.45, 2.75) is 42.7 Å². The second-order valence-electron chi connectivity index (χ2n) is 7.08.